The van der Waals surface area contributed by atoms with Gasteiger partial charge in [0.15, 0.2) is 0 Å². The highest BCUT2D eigenvalue weighted by atomic mass is 35.5. The number of carbonyl (C=O) groups excluding carboxylic acids is 3. The van der Waals surface area contributed by atoms with E-state index in [9.17, 15) is 14.4 Å². The van der Waals surface area contributed by atoms with Crippen LogP contribution in [0.15, 0.2) is 30.3 Å². The van der Waals surface area contributed by atoms with E-state index in [1.54, 1.807) is 4.90 Å². The molecule has 0 unspecified atom stereocenters. The van der Waals surface area contributed by atoms with E-state index in [1.165, 1.54) is 0 Å². The summed E-state index contributed by atoms with van der Waals surface area (Å²) in [5.41, 5.74) is 5.81. The smallest absolute Gasteiger partial charge is 0.325 e. The van der Waals surface area contributed by atoms with E-state index in [1.807, 2.05) is 30.3 Å². The summed E-state index contributed by atoms with van der Waals surface area (Å²) < 4.78 is 0. The topological polar surface area (TPSA) is 95.7 Å². The van der Waals surface area contributed by atoms with Crippen molar-refractivity contribution < 1.29 is 14.4 Å². The van der Waals surface area contributed by atoms with Crippen LogP contribution in [0, 0.1) is 0 Å². The third-order valence-electron chi connectivity index (χ3n) is 5.45. The maximum atomic E-state index is 12.9. The Balaban J connectivity index is 0.00000280. The first-order chi connectivity index (χ1) is 13.1. The van der Waals surface area contributed by atoms with Crippen LogP contribution in [0.5, 0.6) is 0 Å². The molecule has 3 rings (SSSR count). The minimum absolute atomic E-state index is 0. The normalized spacial score (nSPS) is 18.0. The highest BCUT2D eigenvalue weighted by Crippen LogP contribution is 2.33. The quantitative estimate of drug-likeness (QED) is 0.675. The van der Waals surface area contributed by atoms with Gasteiger partial charge in [-0.2, -0.15) is 0 Å². The van der Waals surface area contributed by atoms with Gasteiger partial charge in [0.05, 0.1) is 0 Å². The molecule has 0 atom stereocenters. The number of rotatable bonds is 7. The van der Waals surface area contributed by atoms with E-state index in [0.717, 1.165) is 29.7 Å². The van der Waals surface area contributed by atoms with E-state index in [2.05, 4.69) is 5.32 Å². The predicted molar refractivity (Wildman–Crippen MR) is 109 cm³/mol. The van der Waals surface area contributed by atoms with Gasteiger partial charge in [0, 0.05) is 13.1 Å². The SMILES string of the molecule is Cl.NCCCN(Cc1ccccc1)C(=O)CN1C(=O)NC2(CCCCC2)C1=O. The van der Waals surface area contributed by atoms with Crippen molar-refractivity contribution in [2.45, 2.75) is 50.6 Å². The lowest BCUT2D eigenvalue weighted by Gasteiger charge is -2.30. The lowest BCUT2D eigenvalue weighted by Crippen LogP contribution is -2.49. The second-order valence-corrected chi connectivity index (χ2v) is 7.41. The van der Waals surface area contributed by atoms with E-state index in [4.69, 9.17) is 5.73 Å². The fraction of sp³-hybridized carbons (Fsp3) is 0.550. The van der Waals surface area contributed by atoms with Gasteiger partial charge >= 0.3 is 6.03 Å². The first-order valence-electron chi connectivity index (χ1n) is 9.72. The largest absolute Gasteiger partial charge is 0.337 e. The lowest BCUT2D eigenvalue weighted by molar-refractivity contribution is -0.139. The molecule has 0 radical (unpaired) electrons. The highest BCUT2D eigenvalue weighted by molar-refractivity contribution is 6.09. The van der Waals surface area contributed by atoms with Gasteiger partial charge in [0.2, 0.25) is 5.91 Å². The van der Waals surface area contributed by atoms with Gasteiger partial charge in [-0.1, -0.05) is 49.6 Å². The number of carbonyl (C=O) groups is 3. The molecule has 1 aliphatic carbocycles. The Morgan fingerprint density at radius 2 is 1.82 bits per heavy atom. The molecule has 1 spiro atoms. The van der Waals surface area contributed by atoms with Crippen LogP contribution >= 0.6 is 12.4 Å². The zero-order chi connectivity index (χ0) is 19.3. The number of nitrogens with zero attached hydrogens (tertiary/aromatic N) is 2. The number of imide groups is 1. The molecule has 1 aromatic rings. The van der Waals surface area contributed by atoms with Crippen molar-refractivity contribution in [1.82, 2.24) is 15.1 Å². The Kier molecular flexibility index (Phi) is 7.83. The van der Waals surface area contributed by atoms with Crippen LogP contribution in [0.1, 0.15) is 44.1 Å². The Bertz CT molecular complexity index is 692. The lowest BCUT2D eigenvalue weighted by atomic mass is 9.82. The summed E-state index contributed by atoms with van der Waals surface area (Å²) in [6, 6.07) is 9.22. The first kappa shape index (κ1) is 22.2. The van der Waals surface area contributed by atoms with E-state index < -0.39 is 11.6 Å². The molecule has 4 amide bonds. The van der Waals surface area contributed by atoms with E-state index in [-0.39, 0.29) is 30.8 Å². The number of nitrogens with one attached hydrogen (secondary N) is 1. The molecule has 2 aliphatic rings. The fourth-order valence-electron chi connectivity index (χ4n) is 3.93. The van der Waals surface area contributed by atoms with Crippen LogP contribution < -0.4 is 11.1 Å². The summed E-state index contributed by atoms with van der Waals surface area (Å²) in [6.45, 7) is 1.20. The molecule has 154 valence electrons. The van der Waals surface area contributed by atoms with Crippen molar-refractivity contribution in [2.75, 3.05) is 19.6 Å². The molecular weight excluding hydrogens is 380 g/mol. The fourth-order valence-corrected chi connectivity index (χ4v) is 3.93. The third kappa shape index (κ3) is 4.83. The van der Waals surface area contributed by atoms with Crippen LogP contribution in [0.25, 0.3) is 0 Å². The molecule has 3 N–H and O–H groups in total. The Hall–Kier alpha value is -2.12. The molecule has 1 heterocycles. The van der Waals surface area contributed by atoms with Gasteiger partial charge in [0.1, 0.15) is 12.1 Å². The number of hydrogen-bond donors (Lipinski definition) is 2. The summed E-state index contributed by atoms with van der Waals surface area (Å²) in [4.78, 5) is 40.9. The van der Waals surface area contributed by atoms with Crippen molar-refractivity contribution in [3.8, 4) is 0 Å². The van der Waals surface area contributed by atoms with Crippen LogP contribution in [0.4, 0.5) is 4.79 Å². The van der Waals surface area contributed by atoms with Crippen LogP contribution in [-0.4, -0.2) is 52.8 Å². The van der Waals surface area contributed by atoms with Gasteiger partial charge in [-0.05, 0) is 31.4 Å². The third-order valence-corrected chi connectivity index (χ3v) is 5.45. The van der Waals surface area contributed by atoms with Crippen molar-refractivity contribution in [3.63, 3.8) is 0 Å². The molecular formula is C20H29ClN4O3. The summed E-state index contributed by atoms with van der Waals surface area (Å²) in [7, 11) is 0. The number of halogens is 1. The maximum absolute atomic E-state index is 12.9. The Morgan fingerprint density at radius 3 is 2.46 bits per heavy atom. The molecule has 7 nitrogen and oxygen atoms in total. The Morgan fingerprint density at radius 1 is 1.14 bits per heavy atom. The number of nitrogens with two attached hydrogens (primary N) is 1. The van der Waals surface area contributed by atoms with Crippen molar-refractivity contribution in [2.24, 2.45) is 5.73 Å². The number of amides is 4. The first-order valence-corrected chi connectivity index (χ1v) is 9.72. The molecule has 1 saturated heterocycles. The monoisotopic (exact) mass is 408 g/mol. The van der Waals surface area contributed by atoms with E-state index >= 15 is 0 Å². The van der Waals surface area contributed by atoms with Gasteiger partial charge in [-0.3, -0.25) is 14.5 Å². The molecule has 1 aromatic carbocycles. The molecule has 2 fully saturated rings. The molecule has 8 heteroatoms. The number of benzene rings is 1. The van der Waals surface area contributed by atoms with Crippen molar-refractivity contribution in [3.05, 3.63) is 35.9 Å². The summed E-state index contributed by atoms with van der Waals surface area (Å²) in [5, 5.41) is 2.85. The molecule has 1 aliphatic heterocycles. The van der Waals surface area contributed by atoms with Gasteiger partial charge < -0.3 is 16.0 Å². The number of urea groups is 1. The highest BCUT2D eigenvalue weighted by Gasteiger charge is 2.51. The van der Waals surface area contributed by atoms with Crippen LogP contribution in [-0.2, 0) is 16.1 Å². The standard InChI is InChI=1S/C20H28N4O3.ClH/c21-12-7-13-23(14-16-8-3-1-4-9-16)17(25)15-24-18(26)20(22-19(24)27)10-5-2-6-11-20;/h1,3-4,8-9H,2,5-7,10-15,21H2,(H,22,27);1H. The van der Waals surface area contributed by atoms with Crippen molar-refractivity contribution in [1.29, 1.82) is 0 Å². The second-order valence-electron chi connectivity index (χ2n) is 7.41. The molecule has 28 heavy (non-hydrogen) atoms. The van der Waals surface area contributed by atoms with Gasteiger partial charge in [-0.25, -0.2) is 4.79 Å². The zero-order valence-electron chi connectivity index (χ0n) is 16.1. The van der Waals surface area contributed by atoms with Crippen molar-refractivity contribution >= 4 is 30.3 Å². The summed E-state index contributed by atoms with van der Waals surface area (Å²) in [6.07, 6.45) is 4.90. The van der Waals surface area contributed by atoms with Crippen LogP contribution in [0.2, 0.25) is 0 Å². The van der Waals surface area contributed by atoms with Gasteiger partial charge in [-0.15, -0.1) is 12.4 Å². The number of hydrogen-bond acceptors (Lipinski definition) is 4. The molecule has 0 aromatic heterocycles. The average molecular weight is 409 g/mol. The second kappa shape index (κ2) is 9.89. The predicted octanol–water partition coefficient (Wildman–Crippen LogP) is 2.04. The average Bonchev–Trinajstić information content (AvgIpc) is 2.90. The molecule has 0 bridgehead atoms. The summed E-state index contributed by atoms with van der Waals surface area (Å²) >= 11 is 0. The Labute approximate surface area is 172 Å². The zero-order valence-corrected chi connectivity index (χ0v) is 16.9. The molecule has 1 saturated carbocycles. The van der Waals surface area contributed by atoms with Gasteiger partial charge in [0.25, 0.3) is 5.91 Å². The van der Waals surface area contributed by atoms with E-state index in [0.29, 0.717) is 38.9 Å². The maximum Gasteiger partial charge on any atom is 0.325 e. The summed E-state index contributed by atoms with van der Waals surface area (Å²) in [5.74, 6) is -0.484. The minimum Gasteiger partial charge on any atom is -0.337 e. The minimum atomic E-state index is -0.795. The van der Waals surface area contributed by atoms with Crippen LogP contribution in [0.3, 0.4) is 0 Å².